The van der Waals surface area contributed by atoms with Crippen molar-refractivity contribution in [2.24, 2.45) is 0 Å². The Balaban J connectivity index is 0.805. The lowest BCUT2D eigenvalue weighted by Gasteiger charge is -2.30. The molecule has 300 valence electrons. The van der Waals surface area contributed by atoms with Crippen LogP contribution in [0.2, 0.25) is 0 Å². The molecule has 0 N–H and O–H groups in total. The molecular formula is C64H39N. The second-order valence-corrected chi connectivity index (χ2v) is 17.8. The van der Waals surface area contributed by atoms with Gasteiger partial charge >= 0.3 is 0 Å². The molecule has 2 aliphatic rings. The van der Waals surface area contributed by atoms with E-state index in [0.29, 0.717) is 0 Å². The number of pyridine rings is 1. The summed E-state index contributed by atoms with van der Waals surface area (Å²) in [5.41, 5.74) is 20.8. The molecule has 0 atom stereocenters. The molecule has 1 heterocycles. The Labute approximate surface area is 377 Å². The van der Waals surface area contributed by atoms with E-state index in [2.05, 4.69) is 237 Å². The van der Waals surface area contributed by atoms with Crippen LogP contribution in [-0.4, -0.2) is 4.98 Å². The highest BCUT2D eigenvalue weighted by atomic mass is 14.7. The Morgan fingerprint density at radius 2 is 0.708 bits per heavy atom. The van der Waals surface area contributed by atoms with Crippen LogP contribution in [-0.2, 0) is 5.41 Å². The van der Waals surface area contributed by atoms with Crippen LogP contribution < -0.4 is 0 Å². The largest absolute Gasteiger partial charge is 0.248 e. The number of hydrogen-bond donors (Lipinski definition) is 0. The van der Waals surface area contributed by atoms with E-state index in [4.69, 9.17) is 4.98 Å². The van der Waals surface area contributed by atoms with Crippen LogP contribution in [0.4, 0.5) is 0 Å². The smallest absolute Gasteiger partial charge is 0.0725 e. The lowest BCUT2D eigenvalue weighted by atomic mass is 9.70. The number of fused-ring (bicyclic) bond motifs is 15. The van der Waals surface area contributed by atoms with Crippen LogP contribution >= 0.6 is 0 Å². The van der Waals surface area contributed by atoms with Gasteiger partial charge in [-0.2, -0.15) is 0 Å². The van der Waals surface area contributed by atoms with Gasteiger partial charge in [-0.1, -0.05) is 200 Å². The summed E-state index contributed by atoms with van der Waals surface area (Å²) in [5, 5.41) is 8.63. The zero-order valence-electron chi connectivity index (χ0n) is 35.5. The summed E-state index contributed by atoms with van der Waals surface area (Å²) in [5.74, 6) is 0. The van der Waals surface area contributed by atoms with Crippen molar-refractivity contribution >= 4 is 43.2 Å². The predicted molar refractivity (Wildman–Crippen MR) is 272 cm³/mol. The minimum atomic E-state index is -0.351. The molecule has 0 radical (unpaired) electrons. The average Bonchev–Trinajstić information content (AvgIpc) is 3.85. The number of rotatable bonds is 4. The maximum absolute atomic E-state index is 5.18. The third-order valence-electron chi connectivity index (χ3n) is 14.5. The average molecular weight is 822 g/mol. The SMILES string of the molecule is c1ccc2c(c1)-c1ccccc1C21c2ccccc2-c2ccc(-c3ccc4cc(-c5ccc(-c6cc(-c7ccc8c(ccc9ccccc98)c7)nc7ccccc67)cc5)ccc4c3)cc21. The molecule has 1 spiro atoms. The van der Waals surface area contributed by atoms with Crippen LogP contribution in [0.3, 0.4) is 0 Å². The van der Waals surface area contributed by atoms with E-state index in [1.807, 2.05) is 0 Å². The Morgan fingerprint density at radius 3 is 1.42 bits per heavy atom. The normalized spacial score (nSPS) is 13.0. The fraction of sp³-hybridized carbons (Fsp3) is 0.0156. The van der Waals surface area contributed by atoms with Crippen molar-refractivity contribution in [2.45, 2.75) is 5.41 Å². The number of benzene rings is 11. The third-order valence-corrected chi connectivity index (χ3v) is 14.5. The molecule has 1 heteroatoms. The van der Waals surface area contributed by atoms with E-state index in [0.717, 1.165) is 22.2 Å². The van der Waals surface area contributed by atoms with Gasteiger partial charge in [0.05, 0.1) is 16.6 Å². The highest BCUT2D eigenvalue weighted by molar-refractivity contribution is 6.09. The molecule has 65 heavy (non-hydrogen) atoms. The molecule has 0 unspecified atom stereocenters. The topological polar surface area (TPSA) is 12.9 Å². The van der Waals surface area contributed by atoms with Gasteiger partial charge in [-0.3, -0.25) is 0 Å². The second kappa shape index (κ2) is 13.8. The summed E-state index contributed by atoms with van der Waals surface area (Å²) < 4.78 is 0. The monoisotopic (exact) mass is 821 g/mol. The van der Waals surface area contributed by atoms with Crippen molar-refractivity contribution in [2.75, 3.05) is 0 Å². The first-order valence-electron chi connectivity index (χ1n) is 22.6. The summed E-state index contributed by atoms with van der Waals surface area (Å²) in [6, 6.07) is 87.7. The van der Waals surface area contributed by atoms with Gasteiger partial charge in [-0.15, -0.1) is 0 Å². The van der Waals surface area contributed by atoms with Crippen LogP contribution in [0.25, 0.3) is 110 Å². The van der Waals surface area contributed by atoms with Gasteiger partial charge in [-0.05, 0) is 147 Å². The van der Waals surface area contributed by atoms with Crippen LogP contribution in [0.15, 0.2) is 237 Å². The Kier molecular flexibility index (Phi) is 7.67. The third kappa shape index (κ3) is 5.30. The molecule has 1 aromatic heterocycles. The van der Waals surface area contributed by atoms with Gasteiger partial charge in [0.25, 0.3) is 0 Å². The maximum atomic E-state index is 5.18. The lowest BCUT2D eigenvalue weighted by molar-refractivity contribution is 0.794. The molecule has 0 saturated carbocycles. The van der Waals surface area contributed by atoms with Crippen molar-refractivity contribution in [1.29, 1.82) is 0 Å². The highest BCUT2D eigenvalue weighted by Gasteiger charge is 2.51. The van der Waals surface area contributed by atoms with Crippen molar-refractivity contribution in [1.82, 2.24) is 4.98 Å². The van der Waals surface area contributed by atoms with Gasteiger partial charge in [0, 0.05) is 10.9 Å². The van der Waals surface area contributed by atoms with E-state index >= 15 is 0 Å². The van der Waals surface area contributed by atoms with Crippen molar-refractivity contribution in [3.05, 3.63) is 259 Å². The molecule has 0 bridgehead atoms. The Morgan fingerprint density at radius 1 is 0.246 bits per heavy atom. The van der Waals surface area contributed by atoms with E-state index in [9.17, 15) is 0 Å². The van der Waals surface area contributed by atoms with Crippen molar-refractivity contribution in [3.63, 3.8) is 0 Å². The molecule has 0 fully saturated rings. The van der Waals surface area contributed by atoms with E-state index in [1.165, 1.54) is 110 Å². The molecule has 0 saturated heterocycles. The minimum absolute atomic E-state index is 0.351. The highest BCUT2D eigenvalue weighted by Crippen LogP contribution is 2.63. The van der Waals surface area contributed by atoms with E-state index in [-0.39, 0.29) is 5.41 Å². The molecule has 12 aromatic rings. The first kappa shape index (κ1) is 36.1. The summed E-state index contributed by atoms with van der Waals surface area (Å²) in [7, 11) is 0. The second-order valence-electron chi connectivity index (χ2n) is 17.8. The summed E-state index contributed by atoms with van der Waals surface area (Å²) in [6.45, 7) is 0. The standard InChI is InChI=1S/C64H39N/c1-2-12-50-41(11-1)25-30-48-37-49(32-33-51(48)50)63-39-57(56-16-6-10-20-62(56)65-63)42-23-21-40(22-24-42)43-26-27-45-36-46(29-28-44(45)35-43)47-31-34-55-54-15-5-9-19-60(54)64(61(55)38-47)58-17-7-3-13-52(58)53-14-4-8-18-59(53)64/h1-39H. The Bertz CT molecular complexity index is 3880. The number of para-hydroxylation sites is 1. The number of hydrogen-bond acceptors (Lipinski definition) is 1. The fourth-order valence-corrected chi connectivity index (χ4v) is 11.5. The molecule has 2 aliphatic carbocycles. The van der Waals surface area contributed by atoms with Gasteiger partial charge in [-0.25, -0.2) is 4.98 Å². The molecule has 11 aromatic carbocycles. The first-order valence-corrected chi connectivity index (χ1v) is 22.6. The van der Waals surface area contributed by atoms with Crippen molar-refractivity contribution in [3.8, 4) is 66.9 Å². The number of aromatic nitrogens is 1. The molecule has 0 amide bonds. The fourth-order valence-electron chi connectivity index (χ4n) is 11.5. The van der Waals surface area contributed by atoms with Gasteiger partial charge in [0.1, 0.15) is 0 Å². The lowest BCUT2D eigenvalue weighted by Crippen LogP contribution is -2.25. The zero-order chi connectivity index (χ0) is 42.6. The number of nitrogens with zero attached hydrogens (tertiary/aromatic N) is 1. The van der Waals surface area contributed by atoms with Crippen LogP contribution in [0, 0.1) is 0 Å². The zero-order valence-corrected chi connectivity index (χ0v) is 35.5. The minimum Gasteiger partial charge on any atom is -0.248 e. The molecule has 0 aliphatic heterocycles. The van der Waals surface area contributed by atoms with Gasteiger partial charge in [0.15, 0.2) is 0 Å². The molecule has 14 rings (SSSR count). The van der Waals surface area contributed by atoms with E-state index in [1.54, 1.807) is 0 Å². The first-order chi connectivity index (χ1) is 32.2. The Hall–Kier alpha value is -8.39. The molecular weight excluding hydrogens is 783 g/mol. The van der Waals surface area contributed by atoms with E-state index < -0.39 is 0 Å². The molecule has 1 nitrogen and oxygen atoms in total. The van der Waals surface area contributed by atoms with Crippen LogP contribution in [0.5, 0.6) is 0 Å². The quantitative estimate of drug-likeness (QED) is 0.161. The predicted octanol–water partition coefficient (Wildman–Crippen LogP) is 16.7. The summed E-state index contributed by atoms with van der Waals surface area (Å²) >= 11 is 0. The van der Waals surface area contributed by atoms with Crippen molar-refractivity contribution < 1.29 is 0 Å². The summed E-state index contributed by atoms with van der Waals surface area (Å²) in [6.07, 6.45) is 0. The summed E-state index contributed by atoms with van der Waals surface area (Å²) in [4.78, 5) is 5.18. The van der Waals surface area contributed by atoms with Crippen LogP contribution in [0.1, 0.15) is 22.3 Å². The van der Waals surface area contributed by atoms with Gasteiger partial charge < -0.3 is 0 Å². The maximum Gasteiger partial charge on any atom is 0.0725 e. The van der Waals surface area contributed by atoms with Gasteiger partial charge in [0.2, 0.25) is 0 Å².